The number of aliphatic hydroxyl groups is 1. The first-order valence-electron chi connectivity index (χ1n) is 6.91. The van der Waals surface area contributed by atoms with Gasteiger partial charge in [0.2, 0.25) is 0 Å². The standard InChI is InChI=1S/C16H24FNO/c1-15(2)14(16(15,3)4)10-18-9-13(19)11-6-5-7-12(17)8-11/h5-8,13-14,18-19H,9-10H2,1-4H3. The smallest absolute Gasteiger partial charge is 0.123 e. The molecule has 0 aliphatic heterocycles. The molecule has 1 fully saturated rings. The summed E-state index contributed by atoms with van der Waals surface area (Å²) >= 11 is 0. The molecule has 0 amide bonds. The van der Waals surface area contributed by atoms with Gasteiger partial charge in [-0.1, -0.05) is 39.8 Å². The summed E-state index contributed by atoms with van der Waals surface area (Å²) in [6.07, 6.45) is -0.652. The third kappa shape index (κ3) is 2.67. The highest BCUT2D eigenvalue weighted by molar-refractivity contribution is 5.19. The third-order valence-corrected chi connectivity index (χ3v) is 5.24. The molecule has 3 heteroatoms. The van der Waals surface area contributed by atoms with Crippen molar-refractivity contribution in [3.8, 4) is 0 Å². The maximum Gasteiger partial charge on any atom is 0.123 e. The van der Waals surface area contributed by atoms with Crippen LogP contribution in [0.1, 0.15) is 39.4 Å². The first-order valence-corrected chi connectivity index (χ1v) is 6.91. The van der Waals surface area contributed by atoms with Gasteiger partial charge in [-0.2, -0.15) is 0 Å². The molecule has 1 aliphatic carbocycles. The summed E-state index contributed by atoms with van der Waals surface area (Å²) in [5.41, 5.74) is 1.33. The Labute approximate surface area is 115 Å². The fraction of sp³-hybridized carbons (Fsp3) is 0.625. The van der Waals surface area contributed by atoms with Gasteiger partial charge in [-0.3, -0.25) is 0 Å². The van der Waals surface area contributed by atoms with Crippen LogP contribution in [0.5, 0.6) is 0 Å². The van der Waals surface area contributed by atoms with Crippen LogP contribution in [0, 0.1) is 22.6 Å². The van der Waals surface area contributed by atoms with Gasteiger partial charge in [0, 0.05) is 6.54 Å². The fourth-order valence-corrected chi connectivity index (χ4v) is 3.04. The minimum Gasteiger partial charge on any atom is -0.387 e. The second-order valence-corrected chi connectivity index (χ2v) is 6.73. The van der Waals surface area contributed by atoms with Crippen molar-refractivity contribution in [2.45, 2.75) is 33.8 Å². The van der Waals surface area contributed by atoms with Gasteiger partial charge in [-0.05, 0) is 41.0 Å². The summed E-state index contributed by atoms with van der Waals surface area (Å²) in [5, 5.41) is 13.3. The van der Waals surface area contributed by atoms with Gasteiger partial charge in [-0.25, -0.2) is 4.39 Å². The topological polar surface area (TPSA) is 32.3 Å². The van der Waals surface area contributed by atoms with Crippen molar-refractivity contribution in [3.05, 3.63) is 35.6 Å². The Morgan fingerprint density at radius 1 is 1.26 bits per heavy atom. The summed E-state index contributed by atoms with van der Waals surface area (Å²) in [5.74, 6) is 0.320. The molecule has 19 heavy (non-hydrogen) atoms. The number of benzene rings is 1. The molecule has 1 atom stereocenters. The molecule has 106 valence electrons. The van der Waals surface area contributed by atoms with Crippen molar-refractivity contribution < 1.29 is 9.50 Å². The van der Waals surface area contributed by atoms with Gasteiger partial charge in [0.15, 0.2) is 0 Å². The molecule has 1 aromatic carbocycles. The minimum atomic E-state index is -0.652. The van der Waals surface area contributed by atoms with E-state index in [4.69, 9.17) is 0 Å². The summed E-state index contributed by atoms with van der Waals surface area (Å²) in [6.45, 7) is 10.5. The van der Waals surface area contributed by atoms with Crippen molar-refractivity contribution in [2.75, 3.05) is 13.1 Å². The van der Waals surface area contributed by atoms with Crippen LogP contribution in [0.25, 0.3) is 0 Å². The van der Waals surface area contributed by atoms with Crippen molar-refractivity contribution in [1.82, 2.24) is 5.32 Å². The lowest BCUT2D eigenvalue weighted by Crippen LogP contribution is -2.25. The second-order valence-electron chi connectivity index (χ2n) is 6.73. The lowest BCUT2D eigenvalue weighted by molar-refractivity contribution is 0.173. The summed E-state index contributed by atoms with van der Waals surface area (Å²) < 4.78 is 13.1. The van der Waals surface area contributed by atoms with Crippen LogP contribution in [-0.4, -0.2) is 18.2 Å². The predicted molar refractivity (Wildman–Crippen MR) is 75.3 cm³/mol. The highest BCUT2D eigenvalue weighted by Gasteiger charge is 2.63. The maximum atomic E-state index is 13.1. The average Bonchev–Trinajstić information content (AvgIpc) is 2.71. The Morgan fingerprint density at radius 3 is 2.42 bits per heavy atom. The highest BCUT2D eigenvalue weighted by atomic mass is 19.1. The van der Waals surface area contributed by atoms with Crippen LogP contribution in [0.3, 0.4) is 0 Å². The molecule has 1 unspecified atom stereocenters. The number of rotatable bonds is 5. The lowest BCUT2D eigenvalue weighted by atomic mass is 10.0. The normalized spacial score (nSPS) is 22.2. The Kier molecular flexibility index (Phi) is 3.72. The first kappa shape index (κ1) is 14.5. The molecule has 2 nitrogen and oxygen atoms in total. The molecule has 0 spiro atoms. The van der Waals surface area contributed by atoms with E-state index in [1.165, 1.54) is 12.1 Å². The van der Waals surface area contributed by atoms with Crippen molar-refractivity contribution in [1.29, 1.82) is 0 Å². The van der Waals surface area contributed by atoms with Gasteiger partial charge in [0.25, 0.3) is 0 Å². The van der Waals surface area contributed by atoms with E-state index in [0.717, 1.165) is 6.54 Å². The predicted octanol–water partition coefficient (Wildman–Crippen LogP) is 3.13. The van der Waals surface area contributed by atoms with E-state index >= 15 is 0 Å². The number of hydrogen-bond acceptors (Lipinski definition) is 2. The molecule has 0 saturated heterocycles. The lowest BCUT2D eigenvalue weighted by Gasteiger charge is -2.13. The monoisotopic (exact) mass is 265 g/mol. The molecule has 1 aromatic rings. The van der Waals surface area contributed by atoms with Crippen LogP contribution in [0.15, 0.2) is 24.3 Å². The van der Waals surface area contributed by atoms with Crippen LogP contribution >= 0.6 is 0 Å². The van der Waals surface area contributed by atoms with E-state index in [9.17, 15) is 9.50 Å². The molecule has 2 N–H and O–H groups in total. The average molecular weight is 265 g/mol. The molecular weight excluding hydrogens is 241 g/mol. The number of nitrogens with one attached hydrogen (secondary N) is 1. The SMILES string of the molecule is CC1(C)C(CNCC(O)c2cccc(F)c2)C1(C)C. The molecular formula is C16H24FNO. The van der Waals surface area contributed by atoms with Crippen molar-refractivity contribution in [2.24, 2.45) is 16.7 Å². The van der Waals surface area contributed by atoms with E-state index in [-0.39, 0.29) is 5.82 Å². The second kappa shape index (κ2) is 4.88. The minimum absolute atomic E-state index is 0.305. The zero-order chi connectivity index (χ0) is 14.3. The van der Waals surface area contributed by atoms with E-state index in [1.54, 1.807) is 12.1 Å². The van der Waals surface area contributed by atoms with Crippen LogP contribution in [0.4, 0.5) is 4.39 Å². The maximum absolute atomic E-state index is 13.1. The largest absolute Gasteiger partial charge is 0.387 e. The number of halogens is 1. The molecule has 2 rings (SSSR count). The van der Waals surface area contributed by atoms with Gasteiger partial charge >= 0.3 is 0 Å². The van der Waals surface area contributed by atoms with Crippen molar-refractivity contribution >= 4 is 0 Å². The van der Waals surface area contributed by atoms with Crippen LogP contribution in [-0.2, 0) is 0 Å². The summed E-state index contributed by atoms with van der Waals surface area (Å²) in [6, 6.07) is 6.15. The molecule has 0 aromatic heterocycles. The first-order chi connectivity index (χ1) is 8.76. The van der Waals surface area contributed by atoms with Crippen molar-refractivity contribution in [3.63, 3.8) is 0 Å². The van der Waals surface area contributed by atoms with E-state index < -0.39 is 6.10 Å². The Morgan fingerprint density at radius 2 is 1.89 bits per heavy atom. The van der Waals surface area contributed by atoms with Gasteiger partial charge in [0.05, 0.1) is 6.10 Å². The Balaban J connectivity index is 1.81. The quantitative estimate of drug-likeness (QED) is 0.857. The Bertz CT molecular complexity index is 442. The van der Waals surface area contributed by atoms with Gasteiger partial charge in [-0.15, -0.1) is 0 Å². The fourth-order valence-electron chi connectivity index (χ4n) is 3.04. The van der Waals surface area contributed by atoms with E-state index in [2.05, 4.69) is 33.0 Å². The zero-order valence-electron chi connectivity index (χ0n) is 12.2. The molecule has 0 bridgehead atoms. The van der Waals surface area contributed by atoms with Crippen LogP contribution < -0.4 is 5.32 Å². The summed E-state index contributed by atoms with van der Waals surface area (Å²) in [4.78, 5) is 0. The molecule has 0 radical (unpaired) electrons. The Hall–Kier alpha value is -0.930. The van der Waals surface area contributed by atoms with Crippen LogP contribution in [0.2, 0.25) is 0 Å². The number of aliphatic hydroxyl groups excluding tert-OH is 1. The van der Waals surface area contributed by atoms with Gasteiger partial charge in [0.1, 0.15) is 5.82 Å². The van der Waals surface area contributed by atoms with E-state index in [0.29, 0.717) is 28.9 Å². The molecule has 0 heterocycles. The zero-order valence-corrected chi connectivity index (χ0v) is 12.2. The third-order valence-electron chi connectivity index (χ3n) is 5.24. The summed E-state index contributed by atoms with van der Waals surface area (Å²) in [7, 11) is 0. The van der Waals surface area contributed by atoms with E-state index in [1.807, 2.05) is 0 Å². The molecule has 1 saturated carbocycles. The highest BCUT2D eigenvalue weighted by Crippen LogP contribution is 2.67. The number of hydrogen-bond donors (Lipinski definition) is 2. The van der Waals surface area contributed by atoms with Gasteiger partial charge < -0.3 is 10.4 Å². The molecule has 1 aliphatic rings.